The Morgan fingerprint density at radius 2 is 2.18 bits per heavy atom. The van der Waals surface area contributed by atoms with Crippen molar-refractivity contribution in [3.63, 3.8) is 0 Å². The first-order valence-electron chi connectivity index (χ1n) is 5.99. The molecule has 0 bridgehead atoms. The topological polar surface area (TPSA) is 89.9 Å². The second-order valence-corrected chi connectivity index (χ2v) is 4.85. The van der Waals surface area contributed by atoms with Crippen LogP contribution < -0.4 is 5.32 Å². The second-order valence-electron chi connectivity index (χ2n) is 4.85. The first-order valence-corrected chi connectivity index (χ1v) is 5.99. The van der Waals surface area contributed by atoms with Gasteiger partial charge < -0.3 is 20.4 Å². The fourth-order valence-corrected chi connectivity index (χ4v) is 2.58. The van der Waals surface area contributed by atoms with Crippen LogP contribution >= 0.6 is 0 Å². The SMILES string of the molecule is O=C(O)[C@@H]1CC(O)CN1C(=O)CC1CCNC1. The lowest BCUT2D eigenvalue weighted by atomic mass is 10.0. The van der Waals surface area contributed by atoms with E-state index in [4.69, 9.17) is 5.11 Å². The molecule has 0 aliphatic carbocycles. The third-order valence-electron chi connectivity index (χ3n) is 3.51. The van der Waals surface area contributed by atoms with Crippen LogP contribution in [0.15, 0.2) is 0 Å². The number of hydrogen-bond acceptors (Lipinski definition) is 4. The number of amides is 1. The summed E-state index contributed by atoms with van der Waals surface area (Å²) in [6, 6.07) is -0.855. The molecule has 2 aliphatic rings. The van der Waals surface area contributed by atoms with E-state index < -0.39 is 18.1 Å². The van der Waals surface area contributed by atoms with Crippen LogP contribution in [0.5, 0.6) is 0 Å². The number of likely N-dealkylation sites (tertiary alicyclic amines) is 1. The monoisotopic (exact) mass is 242 g/mol. The number of aliphatic hydroxyl groups is 1. The van der Waals surface area contributed by atoms with Gasteiger partial charge in [-0.25, -0.2) is 4.79 Å². The molecule has 2 unspecified atom stereocenters. The Bertz CT molecular complexity index is 315. The summed E-state index contributed by atoms with van der Waals surface area (Å²) >= 11 is 0. The molecule has 2 saturated heterocycles. The van der Waals surface area contributed by atoms with Crippen LogP contribution in [-0.2, 0) is 9.59 Å². The van der Waals surface area contributed by atoms with Crippen LogP contribution in [0.25, 0.3) is 0 Å². The predicted octanol–water partition coefficient (Wildman–Crippen LogP) is -0.968. The first kappa shape index (κ1) is 12.3. The minimum absolute atomic E-state index is 0.143. The number of carboxylic acid groups (broad SMARTS) is 1. The predicted molar refractivity (Wildman–Crippen MR) is 59.4 cm³/mol. The number of aliphatic hydroxyl groups excluding tert-OH is 1. The highest BCUT2D eigenvalue weighted by Gasteiger charge is 2.39. The molecule has 1 amide bonds. The van der Waals surface area contributed by atoms with Crippen LogP contribution in [0.1, 0.15) is 19.3 Å². The molecule has 2 fully saturated rings. The van der Waals surface area contributed by atoms with Gasteiger partial charge in [0.25, 0.3) is 0 Å². The number of carboxylic acids is 1. The van der Waals surface area contributed by atoms with Gasteiger partial charge >= 0.3 is 5.97 Å². The first-order chi connectivity index (χ1) is 8.08. The molecule has 0 spiro atoms. The summed E-state index contributed by atoms with van der Waals surface area (Å²) in [6.45, 7) is 1.89. The Morgan fingerprint density at radius 1 is 1.41 bits per heavy atom. The summed E-state index contributed by atoms with van der Waals surface area (Å²) in [5, 5.41) is 21.6. The molecule has 0 aromatic heterocycles. The smallest absolute Gasteiger partial charge is 0.326 e. The normalized spacial score (nSPS) is 33.0. The van der Waals surface area contributed by atoms with Gasteiger partial charge in [-0.05, 0) is 25.4 Å². The minimum atomic E-state index is -1.03. The average molecular weight is 242 g/mol. The van der Waals surface area contributed by atoms with Gasteiger partial charge in [0.05, 0.1) is 6.10 Å². The molecule has 0 saturated carbocycles. The number of nitrogens with one attached hydrogen (secondary N) is 1. The van der Waals surface area contributed by atoms with Crippen LogP contribution in [0.2, 0.25) is 0 Å². The molecular formula is C11H18N2O4. The minimum Gasteiger partial charge on any atom is -0.480 e. The second kappa shape index (κ2) is 5.01. The van der Waals surface area contributed by atoms with Crippen LogP contribution in [0.4, 0.5) is 0 Å². The Hall–Kier alpha value is -1.14. The number of aliphatic carboxylic acids is 1. The summed E-state index contributed by atoms with van der Waals surface area (Å²) in [7, 11) is 0. The molecule has 2 aliphatic heterocycles. The maximum atomic E-state index is 12.0. The third-order valence-corrected chi connectivity index (χ3v) is 3.51. The van der Waals surface area contributed by atoms with Crippen molar-refractivity contribution in [3.05, 3.63) is 0 Å². The van der Waals surface area contributed by atoms with E-state index in [0.717, 1.165) is 19.5 Å². The molecule has 2 heterocycles. The Kier molecular flexibility index (Phi) is 3.63. The van der Waals surface area contributed by atoms with Gasteiger partial charge in [0.15, 0.2) is 0 Å². The third kappa shape index (κ3) is 2.76. The highest BCUT2D eigenvalue weighted by molar-refractivity contribution is 5.84. The van der Waals surface area contributed by atoms with E-state index in [1.807, 2.05) is 0 Å². The zero-order valence-corrected chi connectivity index (χ0v) is 9.63. The number of nitrogens with zero attached hydrogens (tertiary/aromatic N) is 1. The van der Waals surface area contributed by atoms with Gasteiger partial charge in [0.2, 0.25) is 5.91 Å². The molecule has 0 radical (unpaired) electrons. The standard InChI is InChI=1S/C11H18N2O4/c14-8-4-9(11(16)17)13(6-8)10(15)3-7-1-2-12-5-7/h7-9,12,14H,1-6H2,(H,16,17)/t7?,8?,9-/m0/s1. The van der Waals surface area contributed by atoms with E-state index in [1.165, 1.54) is 4.90 Å². The number of hydrogen-bond donors (Lipinski definition) is 3. The van der Waals surface area contributed by atoms with Crippen LogP contribution in [0.3, 0.4) is 0 Å². The Morgan fingerprint density at radius 3 is 2.76 bits per heavy atom. The van der Waals surface area contributed by atoms with Gasteiger partial charge in [0.1, 0.15) is 6.04 Å². The van der Waals surface area contributed by atoms with E-state index in [1.54, 1.807) is 0 Å². The van der Waals surface area contributed by atoms with Crippen LogP contribution in [-0.4, -0.2) is 58.8 Å². The molecule has 6 nitrogen and oxygen atoms in total. The molecule has 6 heteroatoms. The van der Waals surface area contributed by atoms with Crippen molar-refractivity contribution in [2.75, 3.05) is 19.6 Å². The zero-order valence-electron chi connectivity index (χ0n) is 9.63. The number of β-amino-alcohol motifs (C(OH)–C–C–N with tert-alkyl or cyclic N) is 1. The van der Waals surface area contributed by atoms with Crippen molar-refractivity contribution < 1.29 is 19.8 Å². The van der Waals surface area contributed by atoms with Gasteiger partial charge in [-0.3, -0.25) is 4.79 Å². The highest BCUT2D eigenvalue weighted by Crippen LogP contribution is 2.22. The Labute approximate surface area is 99.6 Å². The van der Waals surface area contributed by atoms with Crippen molar-refractivity contribution in [2.45, 2.75) is 31.4 Å². The van der Waals surface area contributed by atoms with Gasteiger partial charge in [-0.15, -0.1) is 0 Å². The molecule has 2 rings (SSSR count). The molecule has 3 N–H and O–H groups in total. The van der Waals surface area contributed by atoms with E-state index in [0.29, 0.717) is 12.3 Å². The average Bonchev–Trinajstić information content (AvgIpc) is 2.86. The van der Waals surface area contributed by atoms with E-state index in [-0.39, 0.29) is 18.9 Å². The number of carbonyl (C=O) groups excluding carboxylic acids is 1. The molecule has 0 aromatic rings. The maximum absolute atomic E-state index is 12.0. The summed E-state index contributed by atoms with van der Waals surface area (Å²) in [6.07, 6.45) is 0.773. The molecule has 3 atom stereocenters. The lowest BCUT2D eigenvalue weighted by Crippen LogP contribution is -2.41. The van der Waals surface area contributed by atoms with Crippen molar-refractivity contribution in [1.29, 1.82) is 0 Å². The largest absolute Gasteiger partial charge is 0.480 e. The molecule has 0 aromatic carbocycles. The highest BCUT2D eigenvalue weighted by atomic mass is 16.4. The van der Waals surface area contributed by atoms with Gasteiger partial charge in [0, 0.05) is 19.4 Å². The van der Waals surface area contributed by atoms with Crippen molar-refractivity contribution in [1.82, 2.24) is 10.2 Å². The molecule has 96 valence electrons. The van der Waals surface area contributed by atoms with E-state index in [9.17, 15) is 14.7 Å². The lowest BCUT2D eigenvalue weighted by Gasteiger charge is -2.22. The summed E-state index contributed by atoms with van der Waals surface area (Å²) in [4.78, 5) is 24.3. The van der Waals surface area contributed by atoms with Gasteiger partial charge in [-0.2, -0.15) is 0 Å². The van der Waals surface area contributed by atoms with Crippen LogP contribution in [0, 0.1) is 5.92 Å². The maximum Gasteiger partial charge on any atom is 0.326 e. The zero-order chi connectivity index (χ0) is 12.4. The quantitative estimate of drug-likeness (QED) is 0.592. The summed E-state index contributed by atoms with van der Waals surface area (Å²) in [5.74, 6) is -0.878. The van der Waals surface area contributed by atoms with Crippen molar-refractivity contribution >= 4 is 11.9 Å². The summed E-state index contributed by atoms with van der Waals surface area (Å²) < 4.78 is 0. The van der Waals surface area contributed by atoms with Crippen molar-refractivity contribution in [3.8, 4) is 0 Å². The molecule has 17 heavy (non-hydrogen) atoms. The van der Waals surface area contributed by atoms with Crippen molar-refractivity contribution in [2.24, 2.45) is 5.92 Å². The lowest BCUT2D eigenvalue weighted by molar-refractivity contribution is -0.148. The fraction of sp³-hybridized carbons (Fsp3) is 0.818. The molecular weight excluding hydrogens is 224 g/mol. The fourth-order valence-electron chi connectivity index (χ4n) is 2.58. The van der Waals surface area contributed by atoms with E-state index >= 15 is 0 Å². The Balaban J connectivity index is 1.94. The van der Waals surface area contributed by atoms with Gasteiger partial charge in [-0.1, -0.05) is 0 Å². The summed E-state index contributed by atoms with van der Waals surface area (Å²) in [5.41, 5.74) is 0. The number of carbonyl (C=O) groups is 2. The van der Waals surface area contributed by atoms with E-state index in [2.05, 4.69) is 5.32 Å². The number of rotatable bonds is 3.